The summed E-state index contributed by atoms with van der Waals surface area (Å²) in [7, 11) is 0. The second kappa shape index (κ2) is 14.8. The van der Waals surface area contributed by atoms with Crippen molar-refractivity contribution in [2.45, 2.75) is 27.7 Å². The van der Waals surface area contributed by atoms with Crippen LogP contribution in [0, 0.1) is 5.92 Å². The number of piperazine rings is 1. The number of hydrogen-bond donors (Lipinski definition) is 2. The quantitative estimate of drug-likeness (QED) is 0.285. The molecule has 0 atom stereocenters. The summed E-state index contributed by atoms with van der Waals surface area (Å²) in [6.07, 6.45) is 6.88. The molecule has 1 heterocycles. The zero-order chi connectivity index (χ0) is 23.2. The topological polar surface area (TPSA) is 73.2 Å². The summed E-state index contributed by atoms with van der Waals surface area (Å²) in [5.41, 5.74) is 0.958. The highest BCUT2D eigenvalue weighted by atomic mass is 35.5. The minimum Gasteiger partial charge on any atom is -0.508 e. The molecular formula is C23H33ClN2O4S. The van der Waals surface area contributed by atoms with Crippen molar-refractivity contribution in [2.24, 2.45) is 5.92 Å². The zero-order valence-electron chi connectivity index (χ0n) is 18.6. The number of hydrogen-bond acceptors (Lipinski definition) is 6. The summed E-state index contributed by atoms with van der Waals surface area (Å²) in [5.74, 6) is 0.399. The van der Waals surface area contributed by atoms with E-state index in [0.717, 1.165) is 37.8 Å². The van der Waals surface area contributed by atoms with Gasteiger partial charge in [-0.1, -0.05) is 56.5 Å². The molecule has 31 heavy (non-hydrogen) atoms. The molecule has 1 aliphatic heterocycles. The molecule has 0 unspecified atom stereocenters. The third kappa shape index (κ3) is 11.8. The molecule has 0 saturated carbocycles. The van der Waals surface area contributed by atoms with Crippen LogP contribution in [0.3, 0.4) is 0 Å². The van der Waals surface area contributed by atoms with Crippen molar-refractivity contribution < 1.29 is 19.7 Å². The third-order valence-electron chi connectivity index (χ3n) is 3.76. The highest BCUT2D eigenvalue weighted by molar-refractivity contribution is 7.99. The van der Waals surface area contributed by atoms with Crippen LogP contribution in [0.15, 0.2) is 53.7 Å². The fraction of sp³-hybridized carbons (Fsp3) is 0.435. The highest BCUT2D eigenvalue weighted by Gasteiger charge is 2.18. The van der Waals surface area contributed by atoms with E-state index in [1.807, 2.05) is 24.5 Å². The summed E-state index contributed by atoms with van der Waals surface area (Å²) in [6.45, 7) is 11.3. The lowest BCUT2D eigenvalue weighted by molar-refractivity contribution is -0.139. The Hall–Kier alpha value is -2.09. The average molecular weight is 469 g/mol. The maximum absolute atomic E-state index is 10.7. The lowest BCUT2D eigenvalue weighted by atomic mass is 10.2. The van der Waals surface area contributed by atoms with E-state index < -0.39 is 12.6 Å². The number of anilines is 1. The third-order valence-corrected chi connectivity index (χ3v) is 5.02. The van der Waals surface area contributed by atoms with Crippen LogP contribution in [-0.4, -0.2) is 53.3 Å². The van der Waals surface area contributed by atoms with Gasteiger partial charge in [-0.05, 0) is 42.5 Å². The molecule has 2 N–H and O–H groups in total. The standard InChI is InChI=1S/C19H23ClN2O4S.C4H10/c1-2-4-16(23)5-3-12-27-22-10-8-21(9-11-22)15-6-7-17(20)18(13-15)26-14-19(24)25;1-4(2)3/h2-7,12-13,23H,8-11,14H2,1H3,(H,24,25);4H,1-3H3/b4-2-,12-3+,16-5+;. The summed E-state index contributed by atoms with van der Waals surface area (Å²) < 4.78 is 7.48. The van der Waals surface area contributed by atoms with Crippen LogP contribution in [0.1, 0.15) is 27.7 Å². The number of carbonyl (C=O) groups is 1. The molecule has 1 fully saturated rings. The van der Waals surface area contributed by atoms with E-state index in [2.05, 4.69) is 30.0 Å². The van der Waals surface area contributed by atoms with E-state index in [9.17, 15) is 9.90 Å². The van der Waals surface area contributed by atoms with Crippen molar-refractivity contribution >= 4 is 35.2 Å². The van der Waals surface area contributed by atoms with Gasteiger partial charge in [-0.3, -0.25) is 0 Å². The monoisotopic (exact) mass is 468 g/mol. The van der Waals surface area contributed by atoms with Crippen molar-refractivity contribution in [2.75, 3.05) is 37.7 Å². The molecule has 0 aliphatic carbocycles. The van der Waals surface area contributed by atoms with Gasteiger partial charge in [-0.2, -0.15) is 0 Å². The van der Waals surface area contributed by atoms with Crippen molar-refractivity contribution in [3.05, 3.63) is 58.7 Å². The van der Waals surface area contributed by atoms with Crippen molar-refractivity contribution in [1.29, 1.82) is 0 Å². The Morgan fingerprint density at radius 3 is 2.45 bits per heavy atom. The van der Waals surface area contributed by atoms with E-state index in [4.69, 9.17) is 21.4 Å². The molecule has 1 aromatic carbocycles. The molecule has 1 aromatic rings. The Kier molecular flexibility index (Phi) is 12.9. The van der Waals surface area contributed by atoms with E-state index in [1.165, 1.54) is 0 Å². The SMILES string of the molecule is CC(C)C.C\C=C/C(O)=C\C=C\SN1CCN(c2ccc(Cl)c(OCC(=O)O)c2)CC1. The van der Waals surface area contributed by atoms with Crippen molar-refractivity contribution in [3.63, 3.8) is 0 Å². The van der Waals surface area contributed by atoms with Gasteiger partial charge in [-0.25, -0.2) is 9.10 Å². The Balaban J connectivity index is 0.00000110. The minimum atomic E-state index is -1.04. The van der Waals surface area contributed by atoms with E-state index >= 15 is 0 Å². The first-order chi connectivity index (χ1) is 14.7. The summed E-state index contributed by atoms with van der Waals surface area (Å²) in [5, 5.41) is 20.6. The van der Waals surface area contributed by atoms with Gasteiger partial charge in [0.05, 0.1) is 5.02 Å². The van der Waals surface area contributed by atoms with Gasteiger partial charge in [0.15, 0.2) is 6.61 Å². The summed E-state index contributed by atoms with van der Waals surface area (Å²) >= 11 is 7.68. The lowest BCUT2D eigenvalue weighted by Crippen LogP contribution is -2.43. The number of halogens is 1. The van der Waals surface area contributed by atoms with Gasteiger partial charge < -0.3 is 19.8 Å². The van der Waals surface area contributed by atoms with Gasteiger partial charge in [0.2, 0.25) is 0 Å². The van der Waals surface area contributed by atoms with E-state index in [0.29, 0.717) is 10.8 Å². The molecule has 1 saturated heterocycles. The predicted molar refractivity (Wildman–Crippen MR) is 131 cm³/mol. The van der Waals surface area contributed by atoms with Crippen LogP contribution in [0.25, 0.3) is 0 Å². The fourth-order valence-electron chi connectivity index (χ4n) is 2.48. The fourth-order valence-corrected chi connectivity index (χ4v) is 3.34. The summed E-state index contributed by atoms with van der Waals surface area (Å²) in [4.78, 5) is 12.9. The molecule has 172 valence electrons. The number of carboxylic acid groups (broad SMARTS) is 1. The number of nitrogens with zero attached hydrogens (tertiary/aromatic N) is 2. The van der Waals surface area contributed by atoms with Crippen LogP contribution in [0.4, 0.5) is 5.69 Å². The smallest absolute Gasteiger partial charge is 0.341 e. The summed E-state index contributed by atoms with van der Waals surface area (Å²) in [6, 6.07) is 5.41. The number of carboxylic acids is 1. The molecule has 0 radical (unpaired) electrons. The number of aliphatic hydroxyl groups is 1. The van der Waals surface area contributed by atoms with Gasteiger partial charge in [0.1, 0.15) is 11.5 Å². The number of ether oxygens (including phenoxy) is 1. The van der Waals surface area contributed by atoms with Crippen LogP contribution in [0.5, 0.6) is 5.75 Å². The highest BCUT2D eigenvalue weighted by Crippen LogP contribution is 2.30. The lowest BCUT2D eigenvalue weighted by Gasteiger charge is -2.35. The number of aliphatic carboxylic acids is 1. The largest absolute Gasteiger partial charge is 0.508 e. The second-order valence-corrected chi connectivity index (χ2v) is 8.88. The number of aliphatic hydroxyl groups excluding tert-OH is 1. The van der Waals surface area contributed by atoms with Crippen LogP contribution < -0.4 is 9.64 Å². The number of rotatable bonds is 8. The molecule has 6 nitrogen and oxygen atoms in total. The second-order valence-electron chi connectivity index (χ2n) is 7.47. The Bertz CT molecular complexity index is 770. The predicted octanol–water partition coefficient (Wildman–Crippen LogP) is 5.77. The first kappa shape index (κ1) is 26.9. The Morgan fingerprint density at radius 1 is 1.23 bits per heavy atom. The van der Waals surface area contributed by atoms with Gasteiger partial charge in [-0.15, -0.1) is 0 Å². The average Bonchev–Trinajstić information content (AvgIpc) is 2.71. The van der Waals surface area contributed by atoms with Gasteiger partial charge in [0.25, 0.3) is 0 Å². The minimum absolute atomic E-state index is 0.225. The first-order valence-electron chi connectivity index (χ1n) is 10.2. The maximum Gasteiger partial charge on any atom is 0.341 e. The van der Waals surface area contributed by atoms with E-state index in [1.54, 1.807) is 42.3 Å². The molecule has 8 heteroatoms. The Labute approximate surface area is 195 Å². The van der Waals surface area contributed by atoms with Crippen molar-refractivity contribution in [1.82, 2.24) is 4.31 Å². The molecular weight excluding hydrogens is 436 g/mol. The van der Waals surface area contributed by atoms with Gasteiger partial charge >= 0.3 is 5.97 Å². The van der Waals surface area contributed by atoms with Crippen LogP contribution >= 0.6 is 23.5 Å². The number of benzene rings is 1. The molecule has 0 amide bonds. The maximum atomic E-state index is 10.7. The Morgan fingerprint density at radius 2 is 1.87 bits per heavy atom. The normalized spacial score (nSPS) is 15.4. The molecule has 0 spiro atoms. The van der Waals surface area contributed by atoms with E-state index in [-0.39, 0.29) is 5.76 Å². The van der Waals surface area contributed by atoms with Gasteiger partial charge in [0, 0.05) is 37.9 Å². The van der Waals surface area contributed by atoms with Crippen molar-refractivity contribution in [3.8, 4) is 5.75 Å². The molecule has 0 aromatic heterocycles. The number of allylic oxidation sites excluding steroid dienone is 4. The molecule has 0 bridgehead atoms. The first-order valence-corrected chi connectivity index (χ1v) is 11.4. The molecule has 2 rings (SSSR count). The van der Waals surface area contributed by atoms with Crippen LogP contribution in [-0.2, 0) is 4.79 Å². The molecule has 1 aliphatic rings. The zero-order valence-corrected chi connectivity index (χ0v) is 20.2. The van der Waals surface area contributed by atoms with Crippen LogP contribution in [0.2, 0.25) is 5.02 Å².